The molecule has 20 heavy (non-hydrogen) atoms. The summed E-state index contributed by atoms with van der Waals surface area (Å²) in [6.07, 6.45) is 5.28. The van der Waals surface area contributed by atoms with Gasteiger partial charge in [0.05, 0.1) is 16.6 Å². The van der Waals surface area contributed by atoms with Crippen molar-refractivity contribution < 1.29 is 4.92 Å². The van der Waals surface area contributed by atoms with Gasteiger partial charge in [-0.25, -0.2) is 0 Å². The molecule has 0 saturated heterocycles. The van der Waals surface area contributed by atoms with E-state index in [1.165, 1.54) is 12.5 Å². The average molecular weight is 274 g/mol. The molecule has 0 spiro atoms. The van der Waals surface area contributed by atoms with Gasteiger partial charge in [-0.1, -0.05) is 19.3 Å². The zero-order chi connectivity index (χ0) is 14.6. The summed E-state index contributed by atoms with van der Waals surface area (Å²) in [4.78, 5) is 10.6. The molecule has 0 heterocycles. The molecule has 1 aliphatic rings. The van der Waals surface area contributed by atoms with Crippen molar-refractivity contribution >= 4 is 11.4 Å². The van der Waals surface area contributed by atoms with E-state index in [0.717, 1.165) is 25.7 Å². The molecule has 1 aliphatic carbocycles. The van der Waals surface area contributed by atoms with Crippen molar-refractivity contribution in [3.8, 4) is 6.07 Å². The highest BCUT2D eigenvalue weighted by molar-refractivity contribution is 5.64. The van der Waals surface area contributed by atoms with Crippen LogP contribution in [0.5, 0.6) is 0 Å². The fourth-order valence-corrected chi connectivity index (χ4v) is 2.61. The number of nitro benzene ring substituents is 1. The molecule has 106 valence electrons. The number of nitrogens with zero attached hydrogens (tertiary/aromatic N) is 2. The van der Waals surface area contributed by atoms with Crippen molar-refractivity contribution in [2.75, 3.05) is 11.9 Å². The summed E-state index contributed by atoms with van der Waals surface area (Å²) in [6, 6.07) is 6.33. The van der Waals surface area contributed by atoms with E-state index in [4.69, 9.17) is 11.0 Å². The molecule has 0 aliphatic heterocycles. The maximum Gasteiger partial charge on any atom is 0.293 e. The monoisotopic (exact) mass is 274 g/mol. The number of nitro groups is 1. The zero-order valence-electron chi connectivity index (χ0n) is 11.3. The largest absolute Gasteiger partial charge is 0.378 e. The van der Waals surface area contributed by atoms with Crippen LogP contribution >= 0.6 is 0 Å². The van der Waals surface area contributed by atoms with Crippen LogP contribution in [-0.4, -0.2) is 17.0 Å². The zero-order valence-corrected chi connectivity index (χ0v) is 11.3. The minimum absolute atomic E-state index is 0.0801. The summed E-state index contributed by atoms with van der Waals surface area (Å²) in [5.74, 6) is 0. The predicted molar refractivity (Wildman–Crippen MR) is 76.3 cm³/mol. The van der Waals surface area contributed by atoms with Crippen LogP contribution in [0.4, 0.5) is 11.4 Å². The van der Waals surface area contributed by atoms with E-state index in [1.54, 1.807) is 12.1 Å². The predicted octanol–water partition coefficient (Wildman–Crippen LogP) is 2.54. The Kier molecular flexibility index (Phi) is 4.20. The molecule has 2 rings (SSSR count). The number of anilines is 1. The second-order valence-corrected chi connectivity index (χ2v) is 5.38. The molecule has 3 N–H and O–H groups in total. The van der Waals surface area contributed by atoms with Gasteiger partial charge in [0.2, 0.25) is 0 Å². The first-order valence-corrected chi connectivity index (χ1v) is 6.75. The maximum atomic E-state index is 11.0. The molecular formula is C14H18N4O2. The fourth-order valence-electron chi connectivity index (χ4n) is 2.61. The Bertz CT molecular complexity index is 545. The van der Waals surface area contributed by atoms with Gasteiger partial charge in [-0.3, -0.25) is 10.1 Å². The molecule has 0 amide bonds. The van der Waals surface area contributed by atoms with Gasteiger partial charge < -0.3 is 11.1 Å². The van der Waals surface area contributed by atoms with Gasteiger partial charge in [-0.15, -0.1) is 0 Å². The topological polar surface area (TPSA) is 105 Å². The van der Waals surface area contributed by atoms with Crippen molar-refractivity contribution in [2.24, 2.45) is 5.73 Å². The lowest BCUT2D eigenvalue weighted by Gasteiger charge is -2.33. The average Bonchev–Trinajstić information content (AvgIpc) is 2.45. The Labute approximate surface area is 117 Å². The third-order valence-corrected chi connectivity index (χ3v) is 3.80. The second-order valence-electron chi connectivity index (χ2n) is 5.38. The Morgan fingerprint density at radius 1 is 1.40 bits per heavy atom. The van der Waals surface area contributed by atoms with Crippen LogP contribution in [-0.2, 0) is 0 Å². The summed E-state index contributed by atoms with van der Waals surface area (Å²) < 4.78 is 0. The van der Waals surface area contributed by atoms with E-state index in [-0.39, 0.29) is 16.8 Å². The first kappa shape index (κ1) is 14.3. The summed E-state index contributed by atoms with van der Waals surface area (Å²) in [5.41, 5.74) is 6.63. The highest BCUT2D eigenvalue weighted by Gasteiger charge is 2.28. The van der Waals surface area contributed by atoms with Gasteiger partial charge in [0.25, 0.3) is 5.69 Å². The van der Waals surface area contributed by atoms with E-state index in [2.05, 4.69) is 5.32 Å². The van der Waals surface area contributed by atoms with Gasteiger partial charge in [0, 0.05) is 18.2 Å². The number of rotatable bonds is 4. The quantitative estimate of drug-likeness (QED) is 0.648. The number of nitrogens with one attached hydrogen (secondary N) is 1. The molecule has 1 aromatic carbocycles. The lowest BCUT2D eigenvalue weighted by molar-refractivity contribution is -0.384. The molecular weight excluding hydrogens is 256 g/mol. The lowest BCUT2D eigenvalue weighted by atomic mass is 9.82. The standard InChI is InChI=1S/C14H18N4O2/c15-9-11-4-5-12(13(8-11)18(19)20)17-10-14(16)6-2-1-3-7-14/h4-5,8,17H,1-3,6-7,10,16H2. The van der Waals surface area contributed by atoms with Gasteiger partial charge >= 0.3 is 0 Å². The third-order valence-electron chi connectivity index (χ3n) is 3.80. The van der Waals surface area contributed by atoms with Crippen LogP contribution in [0.2, 0.25) is 0 Å². The lowest BCUT2D eigenvalue weighted by Crippen LogP contribution is -2.47. The maximum absolute atomic E-state index is 11.0. The summed E-state index contributed by atoms with van der Waals surface area (Å²) in [7, 11) is 0. The highest BCUT2D eigenvalue weighted by Crippen LogP contribution is 2.29. The van der Waals surface area contributed by atoms with E-state index in [1.807, 2.05) is 6.07 Å². The molecule has 6 heteroatoms. The van der Waals surface area contributed by atoms with Crippen molar-refractivity contribution in [2.45, 2.75) is 37.6 Å². The van der Waals surface area contributed by atoms with Crippen molar-refractivity contribution in [1.29, 1.82) is 5.26 Å². The Hall–Kier alpha value is -2.13. The van der Waals surface area contributed by atoms with Gasteiger partial charge in [-0.05, 0) is 25.0 Å². The van der Waals surface area contributed by atoms with E-state index in [0.29, 0.717) is 12.2 Å². The van der Waals surface area contributed by atoms with Crippen molar-refractivity contribution in [3.63, 3.8) is 0 Å². The summed E-state index contributed by atoms with van der Waals surface area (Å²) >= 11 is 0. The molecule has 1 saturated carbocycles. The van der Waals surface area contributed by atoms with Crippen LogP contribution in [0.1, 0.15) is 37.7 Å². The Morgan fingerprint density at radius 2 is 2.10 bits per heavy atom. The minimum Gasteiger partial charge on any atom is -0.378 e. The molecule has 1 aromatic rings. The van der Waals surface area contributed by atoms with Gasteiger partial charge in [-0.2, -0.15) is 5.26 Å². The van der Waals surface area contributed by atoms with E-state index >= 15 is 0 Å². The molecule has 0 bridgehead atoms. The Morgan fingerprint density at radius 3 is 2.70 bits per heavy atom. The number of benzene rings is 1. The molecule has 0 atom stereocenters. The van der Waals surface area contributed by atoms with Crippen LogP contribution < -0.4 is 11.1 Å². The first-order valence-electron chi connectivity index (χ1n) is 6.75. The Balaban J connectivity index is 2.13. The first-order chi connectivity index (χ1) is 9.54. The second kappa shape index (κ2) is 5.88. The van der Waals surface area contributed by atoms with Crippen LogP contribution in [0.25, 0.3) is 0 Å². The van der Waals surface area contributed by atoms with Crippen LogP contribution in [0.3, 0.4) is 0 Å². The molecule has 0 aromatic heterocycles. The molecule has 6 nitrogen and oxygen atoms in total. The molecule has 0 unspecified atom stereocenters. The summed E-state index contributed by atoms with van der Waals surface area (Å²) in [6.45, 7) is 0.514. The third kappa shape index (κ3) is 3.25. The highest BCUT2D eigenvalue weighted by atomic mass is 16.6. The van der Waals surface area contributed by atoms with Gasteiger partial charge in [0.15, 0.2) is 0 Å². The van der Waals surface area contributed by atoms with Crippen molar-refractivity contribution in [1.82, 2.24) is 0 Å². The minimum atomic E-state index is -0.479. The van der Waals surface area contributed by atoms with Crippen molar-refractivity contribution in [3.05, 3.63) is 33.9 Å². The number of hydrogen-bond donors (Lipinski definition) is 2. The SMILES string of the molecule is N#Cc1ccc(NCC2(N)CCCCC2)c([N+](=O)[O-])c1. The van der Waals surface area contributed by atoms with Gasteiger partial charge in [0.1, 0.15) is 5.69 Å². The van der Waals surface area contributed by atoms with E-state index < -0.39 is 4.92 Å². The number of nitrogens with two attached hydrogens (primary N) is 1. The summed E-state index contributed by atoms with van der Waals surface area (Å²) in [5, 5.41) is 22.9. The van der Waals surface area contributed by atoms with Crippen LogP contribution in [0.15, 0.2) is 18.2 Å². The molecule has 1 fully saturated rings. The smallest absolute Gasteiger partial charge is 0.293 e. The van der Waals surface area contributed by atoms with E-state index in [9.17, 15) is 10.1 Å². The fraction of sp³-hybridized carbons (Fsp3) is 0.500. The van der Waals surface area contributed by atoms with Crippen LogP contribution in [0, 0.1) is 21.4 Å². The number of hydrogen-bond acceptors (Lipinski definition) is 5. The number of nitriles is 1. The normalized spacial score (nSPS) is 17.2. The molecule has 0 radical (unpaired) electrons.